The number of aromatic nitrogens is 2. The summed E-state index contributed by atoms with van der Waals surface area (Å²) < 4.78 is 40.4. The van der Waals surface area contributed by atoms with Crippen LogP contribution in [-0.4, -0.2) is 42.2 Å². The number of para-hydroxylation sites is 1. The molecule has 0 N–H and O–H groups in total. The van der Waals surface area contributed by atoms with Gasteiger partial charge >= 0.3 is 12.1 Å². The second-order valence-electron chi connectivity index (χ2n) is 8.16. The van der Waals surface area contributed by atoms with Gasteiger partial charge in [0.2, 0.25) is 0 Å². The third-order valence-electron chi connectivity index (χ3n) is 5.38. The number of esters is 1. The zero-order chi connectivity index (χ0) is 25.5. The number of methoxy groups -OCH3 is 1. The fourth-order valence-electron chi connectivity index (χ4n) is 3.79. The summed E-state index contributed by atoms with van der Waals surface area (Å²) in [6, 6.07) is 15.1. The molecule has 35 heavy (non-hydrogen) atoms. The van der Waals surface area contributed by atoms with Crippen LogP contribution in [0.5, 0.6) is 0 Å². The Morgan fingerprint density at radius 1 is 1.03 bits per heavy atom. The number of nitrogens with zero attached hydrogens (tertiary/aromatic N) is 2. The molecule has 0 unspecified atom stereocenters. The molecular formula is C25H23IN2O6S. The van der Waals surface area contributed by atoms with Crippen LogP contribution >= 0.6 is 22.6 Å². The first-order valence-electron chi connectivity index (χ1n) is 10.7. The SMILES string of the molecule is COC(=O)c1cc(I)c(-c2cn(S(=O)(=O)c3ccc(C)cc3)c3ccccc23)n1C(=O)OC(C)C. The number of carbonyl (C=O) groups excluding carboxylic acids is 2. The fourth-order valence-corrected chi connectivity index (χ4v) is 5.99. The zero-order valence-electron chi connectivity index (χ0n) is 19.5. The highest BCUT2D eigenvalue weighted by molar-refractivity contribution is 14.1. The van der Waals surface area contributed by atoms with Crippen LogP contribution in [0.15, 0.2) is 65.7 Å². The van der Waals surface area contributed by atoms with Crippen molar-refractivity contribution >= 4 is 55.6 Å². The predicted octanol–water partition coefficient (Wildman–Crippen LogP) is 5.44. The number of hydrogen-bond acceptors (Lipinski definition) is 6. The van der Waals surface area contributed by atoms with Gasteiger partial charge in [-0.3, -0.25) is 0 Å². The van der Waals surface area contributed by atoms with Gasteiger partial charge < -0.3 is 9.47 Å². The van der Waals surface area contributed by atoms with Crippen molar-refractivity contribution in [2.24, 2.45) is 0 Å². The third-order valence-corrected chi connectivity index (χ3v) is 7.89. The van der Waals surface area contributed by atoms with E-state index in [1.165, 1.54) is 23.3 Å². The molecule has 0 atom stereocenters. The van der Waals surface area contributed by atoms with Crippen LogP contribution in [0.1, 0.15) is 29.9 Å². The minimum Gasteiger partial charge on any atom is -0.464 e. The summed E-state index contributed by atoms with van der Waals surface area (Å²) in [6.07, 6.45) is 0.262. The van der Waals surface area contributed by atoms with Gasteiger partial charge in [0.15, 0.2) is 0 Å². The van der Waals surface area contributed by atoms with Crippen molar-refractivity contribution in [1.82, 2.24) is 8.54 Å². The van der Waals surface area contributed by atoms with E-state index in [2.05, 4.69) is 0 Å². The molecule has 0 saturated heterocycles. The minimum absolute atomic E-state index is 0.0178. The highest BCUT2D eigenvalue weighted by Gasteiger charge is 2.30. The average molecular weight is 606 g/mol. The first-order chi connectivity index (χ1) is 16.6. The van der Waals surface area contributed by atoms with Gasteiger partial charge in [0.05, 0.1) is 29.3 Å². The Labute approximate surface area is 216 Å². The summed E-state index contributed by atoms with van der Waals surface area (Å²) in [7, 11) is -2.73. The Morgan fingerprint density at radius 2 is 1.69 bits per heavy atom. The van der Waals surface area contributed by atoms with Crippen LogP contribution in [0, 0.1) is 10.5 Å². The van der Waals surface area contributed by atoms with Crippen LogP contribution in [0.25, 0.3) is 22.2 Å². The van der Waals surface area contributed by atoms with Crippen molar-refractivity contribution < 1.29 is 27.5 Å². The fraction of sp³-hybridized carbons (Fsp3) is 0.200. The lowest BCUT2D eigenvalue weighted by atomic mass is 10.1. The molecule has 0 fully saturated rings. The topological polar surface area (TPSA) is 96.6 Å². The van der Waals surface area contributed by atoms with Crippen molar-refractivity contribution in [2.45, 2.75) is 31.8 Å². The maximum Gasteiger partial charge on any atom is 0.419 e. The number of halogens is 1. The Balaban J connectivity index is 2.02. The summed E-state index contributed by atoms with van der Waals surface area (Å²) in [5.74, 6) is -0.717. The summed E-state index contributed by atoms with van der Waals surface area (Å²) in [5, 5.41) is 0.592. The quantitative estimate of drug-likeness (QED) is 0.222. The molecule has 0 aliphatic carbocycles. The van der Waals surface area contributed by atoms with Gasteiger partial charge in [0, 0.05) is 20.7 Å². The van der Waals surface area contributed by atoms with Gasteiger partial charge in [-0.15, -0.1) is 0 Å². The number of benzene rings is 2. The molecule has 0 saturated carbocycles. The van der Waals surface area contributed by atoms with Crippen molar-refractivity contribution in [1.29, 1.82) is 0 Å². The van der Waals surface area contributed by atoms with Crippen molar-refractivity contribution in [3.05, 3.63) is 75.6 Å². The molecule has 8 nitrogen and oxygen atoms in total. The third kappa shape index (κ3) is 4.47. The van der Waals surface area contributed by atoms with Gasteiger partial charge in [-0.25, -0.2) is 26.5 Å². The molecule has 4 rings (SSSR count). The molecule has 0 bridgehead atoms. The van der Waals surface area contributed by atoms with Crippen LogP contribution < -0.4 is 0 Å². The van der Waals surface area contributed by atoms with Crippen LogP contribution in [-0.2, 0) is 19.5 Å². The van der Waals surface area contributed by atoms with Crippen molar-refractivity contribution in [3.63, 3.8) is 0 Å². The lowest BCUT2D eigenvalue weighted by Gasteiger charge is -2.13. The maximum atomic E-state index is 13.6. The number of hydrogen-bond donors (Lipinski definition) is 0. The van der Waals surface area contributed by atoms with E-state index < -0.39 is 28.2 Å². The number of carbonyl (C=O) groups is 2. The number of ether oxygens (including phenoxy) is 2. The molecule has 2 aromatic carbocycles. The molecular weight excluding hydrogens is 583 g/mol. The second kappa shape index (κ2) is 9.50. The summed E-state index contributed by atoms with van der Waals surface area (Å²) in [4.78, 5) is 25.7. The lowest BCUT2D eigenvalue weighted by molar-refractivity contribution is 0.0582. The van der Waals surface area contributed by atoms with E-state index in [-0.39, 0.29) is 10.6 Å². The molecule has 0 aliphatic heterocycles. The van der Waals surface area contributed by atoms with Gasteiger partial charge in [-0.2, -0.15) is 0 Å². The smallest absolute Gasteiger partial charge is 0.419 e. The summed E-state index contributed by atoms with van der Waals surface area (Å²) in [5.41, 5.74) is 2.15. The Bertz CT molecular complexity index is 1550. The first kappa shape index (κ1) is 25.0. The molecule has 0 radical (unpaired) electrons. The Morgan fingerprint density at radius 3 is 2.31 bits per heavy atom. The van der Waals surface area contributed by atoms with Crippen LogP contribution in [0.3, 0.4) is 0 Å². The molecule has 0 amide bonds. The van der Waals surface area contributed by atoms with E-state index in [9.17, 15) is 18.0 Å². The van der Waals surface area contributed by atoms with E-state index in [1.54, 1.807) is 62.4 Å². The number of aryl methyl sites for hydroxylation is 1. The zero-order valence-corrected chi connectivity index (χ0v) is 22.5. The van der Waals surface area contributed by atoms with E-state index in [1.807, 2.05) is 29.5 Å². The Kier molecular flexibility index (Phi) is 6.78. The maximum absolute atomic E-state index is 13.6. The van der Waals surface area contributed by atoms with Crippen molar-refractivity contribution in [2.75, 3.05) is 7.11 Å². The van der Waals surface area contributed by atoms with Gasteiger partial charge in [0.1, 0.15) is 5.69 Å². The summed E-state index contributed by atoms with van der Waals surface area (Å²) >= 11 is 2.01. The molecule has 182 valence electrons. The minimum atomic E-state index is -3.95. The molecule has 2 aromatic heterocycles. The molecule has 0 aliphatic rings. The first-order valence-corrected chi connectivity index (χ1v) is 13.2. The van der Waals surface area contributed by atoms with Crippen LogP contribution in [0.4, 0.5) is 4.79 Å². The number of rotatable bonds is 5. The lowest BCUT2D eigenvalue weighted by Crippen LogP contribution is -2.23. The van der Waals surface area contributed by atoms with E-state index in [4.69, 9.17) is 9.47 Å². The largest absolute Gasteiger partial charge is 0.464 e. The monoisotopic (exact) mass is 606 g/mol. The van der Waals surface area contributed by atoms with Gasteiger partial charge in [-0.05, 0) is 67.6 Å². The standard InChI is InChI=1S/C25H23IN2O6S/c1-15(2)34-25(30)28-22(24(29)33-4)13-20(26)23(28)19-14-27(21-8-6-5-7-18(19)21)35(31,32)17-11-9-16(3)10-12-17/h5-15H,1-4H3. The Hall–Kier alpha value is -3.12. The molecule has 4 aromatic rings. The predicted molar refractivity (Wildman–Crippen MR) is 140 cm³/mol. The second-order valence-corrected chi connectivity index (χ2v) is 11.1. The van der Waals surface area contributed by atoms with Gasteiger partial charge in [0.25, 0.3) is 10.0 Å². The van der Waals surface area contributed by atoms with Gasteiger partial charge in [-0.1, -0.05) is 35.9 Å². The van der Waals surface area contributed by atoms with Crippen LogP contribution in [0.2, 0.25) is 0 Å². The highest BCUT2D eigenvalue weighted by Crippen LogP contribution is 2.37. The highest BCUT2D eigenvalue weighted by atomic mass is 127. The average Bonchev–Trinajstić information content (AvgIpc) is 3.36. The van der Waals surface area contributed by atoms with E-state index in [0.717, 1.165) is 10.1 Å². The van der Waals surface area contributed by atoms with E-state index in [0.29, 0.717) is 25.7 Å². The molecule has 2 heterocycles. The van der Waals surface area contributed by atoms with Crippen molar-refractivity contribution in [3.8, 4) is 11.3 Å². The molecule has 0 spiro atoms. The summed E-state index contributed by atoms with van der Waals surface area (Å²) in [6.45, 7) is 5.28. The normalized spacial score (nSPS) is 11.7. The van der Waals surface area contributed by atoms with E-state index >= 15 is 0 Å². The molecule has 10 heteroatoms. The number of fused-ring (bicyclic) bond motifs is 1.